The van der Waals surface area contributed by atoms with Gasteiger partial charge in [0.25, 0.3) is 0 Å². The van der Waals surface area contributed by atoms with E-state index >= 15 is 0 Å². The molecular formula is C17H20FNOS. The van der Waals surface area contributed by atoms with Crippen molar-refractivity contribution in [1.82, 2.24) is 0 Å². The van der Waals surface area contributed by atoms with Crippen LogP contribution in [0.25, 0.3) is 0 Å². The van der Waals surface area contributed by atoms with Gasteiger partial charge in [-0.1, -0.05) is 23.8 Å². The number of halogens is 1. The van der Waals surface area contributed by atoms with Crippen LogP contribution in [0, 0.1) is 19.7 Å². The lowest BCUT2D eigenvalue weighted by atomic mass is 10.1. The Labute approximate surface area is 129 Å². The highest BCUT2D eigenvalue weighted by Gasteiger charge is 2.11. The third-order valence-electron chi connectivity index (χ3n) is 3.35. The number of nitrogens with two attached hydrogens (primary N) is 1. The molecule has 2 aromatic carbocycles. The van der Waals surface area contributed by atoms with E-state index in [9.17, 15) is 4.39 Å². The Hall–Kier alpha value is -1.52. The molecule has 21 heavy (non-hydrogen) atoms. The predicted molar refractivity (Wildman–Crippen MR) is 86.5 cm³/mol. The number of ether oxygens (including phenoxy) is 1. The topological polar surface area (TPSA) is 35.2 Å². The van der Waals surface area contributed by atoms with E-state index in [-0.39, 0.29) is 17.6 Å². The van der Waals surface area contributed by atoms with Gasteiger partial charge in [-0.2, -0.15) is 0 Å². The van der Waals surface area contributed by atoms with Crippen molar-refractivity contribution in [3.63, 3.8) is 0 Å². The van der Waals surface area contributed by atoms with Crippen molar-refractivity contribution in [1.29, 1.82) is 0 Å². The Balaban J connectivity index is 2.04. The van der Waals surface area contributed by atoms with Crippen molar-refractivity contribution in [3.05, 3.63) is 58.9 Å². The number of benzene rings is 2. The van der Waals surface area contributed by atoms with Gasteiger partial charge < -0.3 is 10.5 Å². The molecule has 0 aliphatic carbocycles. The third kappa shape index (κ3) is 3.99. The van der Waals surface area contributed by atoms with Gasteiger partial charge in [0.15, 0.2) is 11.6 Å². The number of thioether (sulfide) groups is 1. The summed E-state index contributed by atoms with van der Waals surface area (Å²) in [5.41, 5.74) is 9.43. The van der Waals surface area contributed by atoms with Crippen LogP contribution in [0.2, 0.25) is 0 Å². The van der Waals surface area contributed by atoms with Gasteiger partial charge in [0.2, 0.25) is 0 Å². The van der Waals surface area contributed by atoms with Crippen molar-refractivity contribution in [2.75, 3.05) is 12.9 Å². The van der Waals surface area contributed by atoms with E-state index in [1.165, 1.54) is 29.2 Å². The molecule has 0 amide bonds. The first-order chi connectivity index (χ1) is 10.0. The number of hydrogen-bond acceptors (Lipinski definition) is 3. The summed E-state index contributed by atoms with van der Waals surface area (Å²) >= 11 is 1.70. The fourth-order valence-electron chi connectivity index (χ4n) is 2.15. The summed E-state index contributed by atoms with van der Waals surface area (Å²) in [5.74, 6) is 0.574. The van der Waals surface area contributed by atoms with Crippen molar-refractivity contribution in [2.24, 2.45) is 5.73 Å². The summed E-state index contributed by atoms with van der Waals surface area (Å²) in [4.78, 5) is 1.21. The minimum Gasteiger partial charge on any atom is -0.494 e. The lowest BCUT2D eigenvalue weighted by Gasteiger charge is -2.14. The maximum absolute atomic E-state index is 13.7. The molecule has 0 saturated carbocycles. The zero-order valence-corrected chi connectivity index (χ0v) is 13.3. The SMILES string of the molecule is COc1ccc(C(N)CSc2ccc(C)cc2C)cc1F. The molecule has 2 N–H and O–H groups in total. The quantitative estimate of drug-likeness (QED) is 0.839. The van der Waals surface area contributed by atoms with Gasteiger partial charge in [-0.15, -0.1) is 11.8 Å². The molecule has 1 atom stereocenters. The summed E-state index contributed by atoms with van der Waals surface area (Å²) in [5, 5.41) is 0. The number of hydrogen-bond donors (Lipinski definition) is 1. The molecule has 4 heteroatoms. The van der Waals surface area contributed by atoms with Crippen LogP contribution in [0.3, 0.4) is 0 Å². The fourth-order valence-corrected chi connectivity index (χ4v) is 3.15. The van der Waals surface area contributed by atoms with Gasteiger partial charge in [-0.25, -0.2) is 4.39 Å². The smallest absolute Gasteiger partial charge is 0.165 e. The number of methoxy groups -OCH3 is 1. The second-order valence-corrected chi connectivity index (χ2v) is 6.14. The van der Waals surface area contributed by atoms with Crippen molar-refractivity contribution < 1.29 is 9.13 Å². The summed E-state index contributed by atoms with van der Waals surface area (Å²) < 4.78 is 18.6. The summed E-state index contributed by atoms with van der Waals surface area (Å²) in [6.07, 6.45) is 0. The Morgan fingerprint density at radius 3 is 2.57 bits per heavy atom. The zero-order valence-electron chi connectivity index (χ0n) is 12.5. The molecule has 0 heterocycles. The lowest BCUT2D eigenvalue weighted by Crippen LogP contribution is -2.13. The van der Waals surface area contributed by atoms with Gasteiger partial charge >= 0.3 is 0 Å². The highest BCUT2D eigenvalue weighted by molar-refractivity contribution is 7.99. The average molecular weight is 305 g/mol. The minimum atomic E-state index is -0.373. The van der Waals surface area contributed by atoms with Crippen LogP contribution in [0.15, 0.2) is 41.3 Å². The standard InChI is InChI=1S/C17H20FNOS/c1-11-4-7-17(12(2)8-11)21-10-15(19)13-5-6-16(20-3)14(18)9-13/h4-9,15H,10,19H2,1-3H3. The first-order valence-electron chi connectivity index (χ1n) is 6.80. The van der Waals surface area contributed by atoms with Crippen LogP contribution in [0.1, 0.15) is 22.7 Å². The van der Waals surface area contributed by atoms with Gasteiger partial charge in [-0.05, 0) is 43.2 Å². The third-order valence-corrected chi connectivity index (χ3v) is 4.65. The number of aryl methyl sites for hydroxylation is 2. The predicted octanol–water partition coefficient (Wildman–Crippen LogP) is 4.24. The Morgan fingerprint density at radius 1 is 1.19 bits per heavy atom. The minimum absolute atomic E-state index is 0.212. The van der Waals surface area contributed by atoms with E-state index in [4.69, 9.17) is 10.5 Å². The molecule has 112 valence electrons. The van der Waals surface area contributed by atoms with E-state index in [1.54, 1.807) is 17.8 Å². The maximum atomic E-state index is 13.7. The highest BCUT2D eigenvalue weighted by atomic mass is 32.2. The van der Waals surface area contributed by atoms with Crippen LogP contribution in [-0.2, 0) is 0 Å². The maximum Gasteiger partial charge on any atom is 0.165 e. The zero-order chi connectivity index (χ0) is 15.4. The van der Waals surface area contributed by atoms with Crippen molar-refractivity contribution in [2.45, 2.75) is 24.8 Å². The largest absolute Gasteiger partial charge is 0.494 e. The molecule has 0 fully saturated rings. The van der Waals surface area contributed by atoms with E-state index in [0.717, 1.165) is 5.56 Å². The molecule has 0 aliphatic heterocycles. The van der Waals surface area contributed by atoms with Gasteiger partial charge in [-0.3, -0.25) is 0 Å². The normalized spacial score (nSPS) is 12.2. The Bertz CT molecular complexity index is 630. The molecule has 0 saturated heterocycles. The molecule has 0 aromatic heterocycles. The van der Waals surface area contributed by atoms with Crippen LogP contribution < -0.4 is 10.5 Å². The molecule has 2 rings (SSSR count). The van der Waals surface area contributed by atoms with E-state index in [0.29, 0.717) is 5.75 Å². The van der Waals surface area contributed by atoms with Crippen LogP contribution in [0.4, 0.5) is 4.39 Å². The van der Waals surface area contributed by atoms with Gasteiger partial charge in [0.1, 0.15) is 0 Å². The van der Waals surface area contributed by atoms with Gasteiger partial charge in [0, 0.05) is 16.7 Å². The molecular weight excluding hydrogens is 285 g/mol. The highest BCUT2D eigenvalue weighted by Crippen LogP contribution is 2.28. The molecule has 0 aliphatic rings. The van der Waals surface area contributed by atoms with Crippen LogP contribution in [0.5, 0.6) is 5.75 Å². The van der Waals surface area contributed by atoms with E-state index < -0.39 is 0 Å². The molecule has 2 aromatic rings. The van der Waals surface area contributed by atoms with Crippen LogP contribution >= 0.6 is 11.8 Å². The first-order valence-corrected chi connectivity index (χ1v) is 7.79. The molecule has 2 nitrogen and oxygen atoms in total. The molecule has 0 spiro atoms. The fraction of sp³-hybridized carbons (Fsp3) is 0.294. The summed E-state index contributed by atoms with van der Waals surface area (Å²) in [7, 11) is 1.45. The van der Waals surface area contributed by atoms with Crippen molar-refractivity contribution >= 4 is 11.8 Å². The lowest BCUT2D eigenvalue weighted by molar-refractivity contribution is 0.386. The number of rotatable bonds is 5. The first kappa shape index (κ1) is 15.9. The monoisotopic (exact) mass is 305 g/mol. The average Bonchev–Trinajstić information content (AvgIpc) is 2.46. The van der Waals surface area contributed by atoms with Gasteiger partial charge in [0.05, 0.1) is 7.11 Å². The second-order valence-electron chi connectivity index (χ2n) is 5.08. The van der Waals surface area contributed by atoms with E-state index in [1.807, 2.05) is 6.07 Å². The molecule has 1 unspecified atom stereocenters. The summed E-state index contributed by atoms with van der Waals surface area (Å²) in [6.45, 7) is 4.17. The van der Waals surface area contributed by atoms with Crippen molar-refractivity contribution in [3.8, 4) is 5.75 Å². The Morgan fingerprint density at radius 2 is 1.95 bits per heavy atom. The molecule has 0 bridgehead atoms. The Kier molecular flexibility index (Phi) is 5.26. The second kappa shape index (κ2) is 6.96. The summed E-state index contributed by atoms with van der Waals surface area (Å²) in [6, 6.07) is 11.0. The van der Waals surface area contributed by atoms with E-state index in [2.05, 4.69) is 32.0 Å². The molecule has 0 radical (unpaired) electrons. The van der Waals surface area contributed by atoms with Crippen LogP contribution in [-0.4, -0.2) is 12.9 Å².